The van der Waals surface area contributed by atoms with Crippen molar-refractivity contribution in [1.82, 2.24) is 5.32 Å². The van der Waals surface area contributed by atoms with Crippen LogP contribution in [0.25, 0.3) is 0 Å². The van der Waals surface area contributed by atoms with Crippen LogP contribution in [0.15, 0.2) is 23.1 Å². The summed E-state index contributed by atoms with van der Waals surface area (Å²) in [4.78, 5) is 24.8. The number of amides is 1. The summed E-state index contributed by atoms with van der Waals surface area (Å²) in [5, 5.41) is 12.2. The molecule has 1 fully saturated rings. The molecular weight excluding hydrogens is 318 g/mol. The molecule has 4 nitrogen and oxygen atoms in total. The summed E-state index contributed by atoms with van der Waals surface area (Å²) in [7, 11) is 0. The molecule has 0 saturated carbocycles. The minimum absolute atomic E-state index is 0.208. The maximum absolute atomic E-state index is 12.2. The number of carbonyl (C=O) groups is 2. The highest BCUT2D eigenvalue weighted by Crippen LogP contribution is 2.28. The molecule has 1 aromatic carbocycles. The lowest BCUT2D eigenvalue weighted by atomic mass is 9.92. The normalized spacial score (nSPS) is 17.0. The zero-order chi connectivity index (χ0) is 16.2. The van der Waals surface area contributed by atoms with Gasteiger partial charge >= 0.3 is 5.97 Å². The van der Waals surface area contributed by atoms with E-state index >= 15 is 0 Å². The van der Waals surface area contributed by atoms with Crippen molar-refractivity contribution in [1.29, 1.82) is 0 Å². The Kier molecular flexibility index (Phi) is 5.81. The van der Waals surface area contributed by atoms with Crippen LogP contribution in [0.4, 0.5) is 0 Å². The van der Waals surface area contributed by atoms with Crippen LogP contribution in [0.2, 0.25) is 0 Å². The number of thioether (sulfide) groups is 2. The Morgan fingerprint density at radius 1 is 1.32 bits per heavy atom. The van der Waals surface area contributed by atoms with E-state index in [4.69, 9.17) is 0 Å². The topological polar surface area (TPSA) is 66.4 Å². The van der Waals surface area contributed by atoms with Gasteiger partial charge in [0, 0.05) is 4.90 Å². The van der Waals surface area contributed by atoms with Gasteiger partial charge in [0.05, 0.1) is 5.75 Å². The van der Waals surface area contributed by atoms with Crippen molar-refractivity contribution in [3.05, 3.63) is 29.3 Å². The molecule has 0 radical (unpaired) electrons. The van der Waals surface area contributed by atoms with Crippen molar-refractivity contribution in [2.24, 2.45) is 0 Å². The van der Waals surface area contributed by atoms with Crippen molar-refractivity contribution in [3.8, 4) is 0 Å². The SMILES string of the molecule is Cc1ccc(C)c(SCC(=O)NC2(C(=O)O)CCSCC2)c1. The van der Waals surface area contributed by atoms with Gasteiger partial charge in [0.1, 0.15) is 5.54 Å². The van der Waals surface area contributed by atoms with E-state index in [1.807, 2.05) is 26.0 Å². The summed E-state index contributed by atoms with van der Waals surface area (Å²) in [6, 6.07) is 6.13. The minimum atomic E-state index is -1.08. The van der Waals surface area contributed by atoms with Gasteiger partial charge in [-0.15, -0.1) is 11.8 Å². The Morgan fingerprint density at radius 2 is 2.00 bits per heavy atom. The Bertz CT molecular complexity index is 569. The number of hydrogen-bond acceptors (Lipinski definition) is 4. The largest absolute Gasteiger partial charge is 0.480 e. The molecule has 1 aliphatic rings. The molecule has 0 spiro atoms. The molecule has 6 heteroatoms. The summed E-state index contributed by atoms with van der Waals surface area (Å²) in [5.41, 5.74) is 1.20. The molecule has 2 rings (SSSR count). The van der Waals surface area contributed by atoms with Crippen LogP contribution in [-0.2, 0) is 9.59 Å². The summed E-state index contributed by atoms with van der Waals surface area (Å²) in [5.74, 6) is 0.665. The van der Waals surface area contributed by atoms with Crippen molar-refractivity contribution < 1.29 is 14.7 Å². The van der Waals surface area contributed by atoms with Gasteiger partial charge < -0.3 is 10.4 Å². The van der Waals surface area contributed by atoms with Crippen molar-refractivity contribution in [2.45, 2.75) is 37.1 Å². The average molecular weight is 339 g/mol. The van der Waals surface area contributed by atoms with Gasteiger partial charge in [0.15, 0.2) is 0 Å². The number of carbonyl (C=O) groups excluding carboxylic acids is 1. The molecule has 2 N–H and O–H groups in total. The molecule has 1 aliphatic heterocycles. The highest BCUT2D eigenvalue weighted by atomic mass is 32.2. The molecule has 0 bridgehead atoms. The van der Waals surface area contributed by atoms with Crippen molar-refractivity contribution in [2.75, 3.05) is 17.3 Å². The highest BCUT2D eigenvalue weighted by Gasteiger charge is 2.41. The fourth-order valence-electron chi connectivity index (χ4n) is 2.42. The van der Waals surface area contributed by atoms with Gasteiger partial charge in [-0.3, -0.25) is 4.79 Å². The standard InChI is InChI=1S/C16H21NO3S2/c1-11-3-4-12(2)13(9-11)22-10-14(18)17-16(15(19)20)5-7-21-8-6-16/h3-4,9H,5-8,10H2,1-2H3,(H,17,18)(H,19,20). The zero-order valence-electron chi connectivity index (χ0n) is 12.8. The van der Waals surface area contributed by atoms with Gasteiger partial charge in [-0.05, 0) is 49.8 Å². The minimum Gasteiger partial charge on any atom is -0.480 e. The molecule has 0 aliphatic carbocycles. The van der Waals surface area contributed by atoms with Crippen LogP contribution in [0.1, 0.15) is 24.0 Å². The summed E-state index contributed by atoms with van der Waals surface area (Å²) >= 11 is 3.19. The smallest absolute Gasteiger partial charge is 0.329 e. The van der Waals surface area contributed by atoms with E-state index in [0.717, 1.165) is 27.5 Å². The molecular formula is C16H21NO3S2. The third-order valence-corrected chi connectivity index (χ3v) is 5.98. The molecule has 0 unspecified atom stereocenters. The lowest BCUT2D eigenvalue weighted by Crippen LogP contribution is -2.57. The van der Waals surface area contributed by atoms with Gasteiger partial charge in [-0.1, -0.05) is 17.7 Å². The molecule has 1 heterocycles. The number of carboxylic acid groups (broad SMARTS) is 1. The summed E-state index contributed by atoms with van der Waals surface area (Å²) in [6.45, 7) is 4.03. The van der Waals surface area contributed by atoms with Gasteiger partial charge in [-0.25, -0.2) is 4.79 Å². The first-order valence-electron chi connectivity index (χ1n) is 7.25. The first-order chi connectivity index (χ1) is 10.4. The number of hydrogen-bond donors (Lipinski definition) is 2. The number of nitrogens with one attached hydrogen (secondary N) is 1. The number of rotatable bonds is 5. The predicted molar refractivity (Wildman–Crippen MR) is 91.7 cm³/mol. The van der Waals surface area contributed by atoms with Crippen LogP contribution < -0.4 is 5.32 Å². The van der Waals surface area contributed by atoms with E-state index in [1.165, 1.54) is 11.8 Å². The Morgan fingerprint density at radius 3 is 2.64 bits per heavy atom. The van der Waals surface area contributed by atoms with Crippen molar-refractivity contribution >= 4 is 35.4 Å². The van der Waals surface area contributed by atoms with Gasteiger partial charge in [0.25, 0.3) is 0 Å². The Hall–Kier alpha value is -1.14. The lowest BCUT2D eigenvalue weighted by Gasteiger charge is -2.33. The second-order valence-electron chi connectivity index (χ2n) is 5.61. The van der Waals surface area contributed by atoms with Gasteiger partial charge in [-0.2, -0.15) is 11.8 Å². The maximum atomic E-state index is 12.2. The third-order valence-electron chi connectivity index (χ3n) is 3.84. The average Bonchev–Trinajstić information content (AvgIpc) is 2.49. The first kappa shape index (κ1) is 17.2. The second-order valence-corrected chi connectivity index (χ2v) is 7.85. The first-order valence-corrected chi connectivity index (χ1v) is 9.39. The number of carboxylic acids is 1. The van der Waals surface area contributed by atoms with Crippen LogP contribution in [0, 0.1) is 13.8 Å². The Balaban J connectivity index is 1.97. The summed E-state index contributed by atoms with van der Waals surface area (Å²) in [6.07, 6.45) is 0.986. The van der Waals surface area contributed by atoms with Crippen LogP contribution >= 0.6 is 23.5 Å². The zero-order valence-corrected chi connectivity index (χ0v) is 14.5. The van der Waals surface area contributed by atoms with Crippen LogP contribution in [0.5, 0.6) is 0 Å². The lowest BCUT2D eigenvalue weighted by molar-refractivity contribution is -0.147. The molecule has 1 aromatic rings. The number of aryl methyl sites for hydroxylation is 2. The van der Waals surface area contributed by atoms with E-state index in [2.05, 4.69) is 11.4 Å². The maximum Gasteiger partial charge on any atom is 0.329 e. The molecule has 1 saturated heterocycles. The van der Waals surface area contributed by atoms with E-state index in [-0.39, 0.29) is 11.7 Å². The number of benzene rings is 1. The van der Waals surface area contributed by atoms with E-state index in [1.54, 1.807) is 11.8 Å². The quantitative estimate of drug-likeness (QED) is 0.808. The third kappa shape index (κ3) is 4.20. The van der Waals surface area contributed by atoms with E-state index in [0.29, 0.717) is 12.8 Å². The highest BCUT2D eigenvalue weighted by molar-refractivity contribution is 8.00. The van der Waals surface area contributed by atoms with Gasteiger partial charge in [0.2, 0.25) is 5.91 Å². The molecule has 120 valence electrons. The van der Waals surface area contributed by atoms with Crippen LogP contribution in [-0.4, -0.2) is 39.8 Å². The molecule has 0 aromatic heterocycles. The van der Waals surface area contributed by atoms with E-state index in [9.17, 15) is 14.7 Å². The van der Waals surface area contributed by atoms with E-state index < -0.39 is 11.5 Å². The molecule has 22 heavy (non-hydrogen) atoms. The monoisotopic (exact) mass is 339 g/mol. The Labute approximate surface area is 139 Å². The fourth-order valence-corrected chi connectivity index (χ4v) is 4.53. The molecule has 1 amide bonds. The summed E-state index contributed by atoms with van der Waals surface area (Å²) < 4.78 is 0. The fraction of sp³-hybridized carbons (Fsp3) is 0.500. The van der Waals surface area contributed by atoms with Crippen LogP contribution in [0.3, 0.4) is 0 Å². The predicted octanol–water partition coefficient (Wildman–Crippen LogP) is 2.86. The molecule has 0 atom stereocenters. The second kappa shape index (κ2) is 7.42. The van der Waals surface area contributed by atoms with Crippen molar-refractivity contribution in [3.63, 3.8) is 0 Å². The number of aliphatic carboxylic acids is 1.